The number of hydrogen-bond acceptors (Lipinski definition) is 2. The van der Waals surface area contributed by atoms with Crippen LogP contribution in [0.25, 0.3) is 0 Å². The molecule has 1 aliphatic heterocycles. The Bertz CT molecular complexity index is 412. The van der Waals surface area contributed by atoms with E-state index >= 15 is 0 Å². The third kappa shape index (κ3) is 3.05. The Hall–Kier alpha value is -1.02. The standard InChI is InChI=1S/C16H25NO/c1-13-11-15(6-5-14(13)12-18)17-9-4-7-16(2,3)8-10-17/h5-6,11,18H,4,7-10,12H2,1-3H3. The van der Waals surface area contributed by atoms with Crippen molar-refractivity contribution in [2.75, 3.05) is 18.0 Å². The van der Waals surface area contributed by atoms with Crippen LogP contribution in [-0.2, 0) is 6.61 Å². The fourth-order valence-electron chi connectivity index (χ4n) is 2.74. The van der Waals surface area contributed by atoms with Crippen molar-refractivity contribution < 1.29 is 5.11 Å². The zero-order chi connectivity index (χ0) is 13.2. The molecule has 0 radical (unpaired) electrons. The predicted octanol–water partition coefficient (Wildman–Crippen LogP) is 3.50. The SMILES string of the molecule is Cc1cc(N2CCCC(C)(C)CC2)ccc1CO. The number of aliphatic hydroxyl groups excluding tert-OH is 1. The van der Waals surface area contributed by atoms with E-state index in [9.17, 15) is 5.11 Å². The van der Waals surface area contributed by atoms with Gasteiger partial charge in [0.05, 0.1) is 6.61 Å². The molecule has 1 aromatic rings. The molecule has 1 N–H and O–H groups in total. The quantitative estimate of drug-likeness (QED) is 0.864. The summed E-state index contributed by atoms with van der Waals surface area (Å²) in [6.45, 7) is 9.26. The lowest BCUT2D eigenvalue weighted by Crippen LogP contribution is -2.25. The topological polar surface area (TPSA) is 23.5 Å². The van der Waals surface area contributed by atoms with E-state index < -0.39 is 0 Å². The number of aliphatic hydroxyl groups is 1. The van der Waals surface area contributed by atoms with Gasteiger partial charge in [-0.25, -0.2) is 0 Å². The van der Waals surface area contributed by atoms with Gasteiger partial charge >= 0.3 is 0 Å². The van der Waals surface area contributed by atoms with E-state index in [4.69, 9.17) is 0 Å². The molecule has 1 aliphatic rings. The molecule has 1 fully saturated rings. The number of nitrogens with zero attached hydrogens (tertiary/aromatic N) is 1. The first-order valence-corrected chi connectivity index (χ1v) is 6.97. The van der Waals surface area contributed by atoms with Crippen LogP contribution in [0.2, 0.25) is 0 Å². The highest BCUT2D eigenvalue weighted by molar-refractivity contribution is 5.50. The van der Waals surface area contributed by atoms with Crippen LogP contribution in [0.1, 0.15) is 44.2 Å². The summed E-state index contributed by atoms with van der Waals surface area (Å²) in [5, 5.41) is 9.22. The van der Waals surface area contributed by atoms with Crippen LogP contribution in [-0.4, -0.2) is 18.2 Å². The molecule has 1 saturated heterocycles. The van der Waals surface area contributed by atoms with Crippen molar-refractivity contribution in [3.8, 4) is 0 Å². The van der Waals surface area contributed by atoms with Crippen molar-refractivity contribution in [1.29, 1.82) is 0 Å². The summed E-state index contributed by atoms with van der Waals surface area (Å²) in [5.41, 5.74) is 4.02. The van der Waals surface area contributed by atoms with Gasteiger partial charge in [-0.3, -0.25) is 0 Å². The average Bonchev–Trinajstić information content (AvgIpc) is 2.50. The highest BCUT2D eigenvalue weighted by Crippen LogP contribution is 2.32. The fourth-order valence-corrected chi connectivity index (χ4v) is 2.74. The molecule has 0 saturated carbocycles. The highest BCUT2D eigenvalue weighted by atomic mass is 16.3. The Morgan fingerprint density at radius 1 is 1.22 bits per heavy atom. The number of anilines is 1. The lowest BCUT2D eigenvalue weighted by atomic mass is 9.85. The Morgan fingerprint density at radius 2 is 2.00 bits per heavy atom. The van der Waals surface area contributed by atoms with Crippen LogP contribution < -0.4 is 4.90 Å². The summed E-state index contributed by atoms with van der Waals surface area (Å²) in [6, 6.07) is 6.42. The van der Waals surface area contributed by atoms with Gasteiger partial charge in [0.15, 0.2) is 0 Å². The molecule has 2 nitrogen and oxygen atoms in total. The minimum absolute atomic E-state index is 0.138. The fraction of sp³-hybridized carbons (Fsp3) is 0.625. The van der Waals surface area contributed by atoms with E-state index in [1.165, 1.54) is 30.5 Å². The molecule has 0 spiro atoms. The van der Waals surface area contributed by atoms with Gasteiger partial charge in [-0.2, -0.15) is 0 Å². The van der Waals surface area contributed by atoms with Gasteiger partial charge in [0.2, 0.25) is 0 Å². The Morgan fingerprint density at radius 3 is 2.67 bits per heavy atom. The van der Waals surface area contributed by atoms with E-state index in [-0.39, 0.29) is 6.61 Å². The van der Waals surface area contributed by atoms with Crippen molar-refractivity contribution in [1.82, 2.24) is 0 Å². The molecule has 0 amide bonds. The second kappa shape index (κ2) is 5.31. The highest BCUT2D eigenvalue weighted by Gasteiger charge is 2.23. The minimum Gasteiger partial charge on any atom is -0.392 e. The molecule has 100 valence electrons. The lowest BCUT2D eigenvalue weighted by molar-refractivity contribution is 0.281. The predicted molar refractivity (Wildman–Crippen MR) is 76.9 cm³/mol. The van der Waals surface area contributed by atoms with Crippen LogP contribution in [0, 0.1) is 12.3 Å². The molecular weight excluding hydrogens is 222 g/mol. The molecule has 0 aromatic heterocycles. The lowest BCUT2D eigenvalue weighted by Gasteiger charge is -2.25. The number of hydrogen-bond donors (Lipinski definition) is 1. The van der Waals surface area contributed by atoms with Gasteiger partial charge < -0.3 is 10.0 Å². The van der Waals surface area contributed by atoms with E-state index in [2.05, 4.69) is 43.9 Å². The van der Waals surface area contributed by atoms with E-state index in [1.54, 1.807) is 0 Å². The third-order valence-electron chi connectivity index (χ3n) is 4.20. The van der Waals surface area contributed by atoms with Crippen LogP contribution >= 0.6 is 0 Å². The van der Waals surface area contributed by atoms with Gasteiger partial charge in [0, 0.05) is 18.8 Å². The van der Waals surface area contributed by atoms with Crippen molar-refractivity contribution in [3.05, 3.63) is 29.3 Å². The smallest absolute Gasteiger partial charge is 0.0684 e. The summed E-state index contributed by atoms with van der Waals surface area (Å²) in [6.07, 6.45) is 3.85. The molecule has 0 bridgehead atoms. The van der Waals surface area contributed by atoms with Gasteiger partial charge in [-0.1, -0.05) is 19.9 Å². The van der Waals surface area contributed by atoms with Crippen LogP contribution in [0.3, 0.4) is 0 Å². The summed E-state index contributed by atoms with van der Waals surface area (Å²) in [4.78, 5) is 2.49. The molecule has 1 aromatic carbocycles. The van der Waals surface area contributed by atoms with E-state index in [1.807, 2.05) is 0 Å². The van der Waals surface area contributed by atoms with Crippen LogP contribution in [0.15, 0.2) is 18.2 Å². The van der Waals surface area contributed by atoms with Crippen molar-refractivity contribution >= 4 is 5.69 Å². The van der Waals surface area contributed by atoms with E-state index in [0.717, 1.165) is 18.7 Å². The van der Waals surface area contributed by atoms with Gasteiger partial charge in [0.25, 0.3) is 0 Å². The molecular formula is C16H25NO. The van der Waals surface area contributed by atoms with Gasteiger partial charge in [-0.05, 0) is 54.9 Å². The van der Waals surface area contributed by atoms with Gasteiger partial charge in [0.1, 0.15) is 0 Å². The normalized spacial score (nSPS) is 19.7. The first-order valence-electron chi connectivity index (χ1n) is 6.97. The first-order chi connectivity index (χ1) is 8.52. The zero-order valence-electron chi connectivity index (χ0n) is 11.9. The monoisotopic (exact) mass is 247 g/mol. The minimum atomic E-state index is 0.138. The largest absolute Gasteiger partial charge is 0.392 e. The van der Waals surface area contributed by atoms with Gasteiger partial charge in [-0.15, -0.1) is 0 Å². The Kier molecular flexibility index (Phi) is 3.96. The maximum atomic E-state index is 9.22. The molecule has 1 heterocycles. The summed E-state index contributed by atoms with van der Waals surface area (Å²) in [5.74, 6) is 0. The summed E-state index contributed by atoms with van der Waals surface area (Å²) >= 11 is 0. The van der Waals surface area contributed by atoms with E-state index in [0.29, 0.717) is 5.41 Å². The van der Waals surface area contributed by atoms with Crippen LogP contribution in [0.4, 0.5) is 5.69 Å². The number of aryl methyl sites for hydroxylation is 1. The molecule has 2 rings (SSSR count). The molecule has 0 atom stereocenters. The summed E-state index contributed by atoms with van der Waals surface area (Å²) in [7, 11) is 0. The molecule has 18 heavy (non-hydrogen) atoms. The second-order valence-electron chi connectivity index (χ2n) is 6.27. The van der Waals surface area contributed by atoms with Crippen LogP contribution in [0.5, 0.6) is 0 Å². The van der Waals surface area contributed by atoms with Crippen molar-refractivity contribution in [2.24, 2.45) is 5.41 Å². The molecule has 0 aliphatic carbocycles. The second-order valence-corrected chi connectivity index (χ2v) is 6.27. The van der Waals surface area contributed by atoms with Crippen molar-refractivity contribution in [3.63, 3.8) is 0 Å². The van der Waals surface area contributed by atoms with Crippen molar-refractivity contribution in [2.45, 2.75) is 46.6 Å². The zero-order valence-corrected chi connectivity index (χ0v) is 11.9. The first kappa shape index (κ1) is 13.4. The molecule has 0 unspecified atom stereocenters. The number of benzene rings is 1. The summed E-state index contributed by atoms with van der Waals surface area (Å²) < 4.78 is 0. The third-order valence-corrected chi connectivity index (χ3v) is 4.20. The Labute approximate surface area is 111 Å². The average molecular weight is 247 g/mol. The maximum Gasteiger partial charge on any atom is 0.0684 e. The molecule has 2 heteroatoms. The Balaban J connectivity index is 2.14. The number of rotatable bonds is 2. The maximum absolute atomic E-state index is 9.22.